The third kappa shape index (κ3) is 6.65. The van der Waals surface area contributed by atoms with E-state index < -0.39 is 5.60 Å². The Balaban J connectivity index is 2.23. The van der Waals surface area contributed by atoms with Crippen molar-refractivity contribution in [1.29, 1.82) is 0 Å². The van der Waals surface area contributed by atoms with Gasteiger partial charge in [-0.1, -0.05) is 31.5 Å². The van der Waals surface area contributed by atoms with E-state index in [-0.39, 0.29) is 43.1 Å². The van der Waals surface area contributed by atoms with Gasteiger partial charge in [0.15, 0.2) is 10.7 Å². The molecule has 0 aliphatic carbocycles. The maximum Gasteiger partial charge on any atom is 0.259 e. The molecule has 174 valence electrons. The van der Waals surface area contributed by atoms with Gasteiger partial charge in [0, 0.05) is 51.3 Å². The number of methoxy groups -OCH3 is 2. The molecule has 1 aromatic heterocycles. The van der Waals surface area contributed by atoms with Gasteiger partial charge in [-0.05, 0) is 19.4 Å². The number of pyridine rings is 1. The van der Waals surface area contributed by atoms with Gasteiger partial charge in [-0.2, -0.15) is 0 Å². The summed E-state index contributed by atoms with van der Waals surface area (Å²) < 4.78 is 22.3. The maximum absolute atomic E-state index is 13.1. The van der Waals surface area contributed by atoms with Gasteiger partial charge >= 0.3 is 0 Å². The highest BCUT2D eigenvalue weighted by Gasteiger charge is 2.62. The van der Waals surface area contributed by atoms with Crippen LogP contribution in [0.25, 0.3) is 0 Å². The van der Waals surface area contributed by atoms with Crippen molar-refractivity contribution in [1.82, 2.24) is 9.88 Å². The van der Waals surface area contributed by atoms with E-state index in [1.807, 2.05) is 19.1 Å². The van der Waals surface area contributed by atoms with Crippen LogP contribution >= 0.6 is 11.8 Å². The highest BCUT2D eigenvalue weighted by Crippen LogP contribution is 2.39. The fourth-order valence-corrected chi connectivity index (χ4v) is 4.51. The molecule has 0 radical (unpaired) electrons. The Morgan fingerprint density at radius 2 is 2.13 bits per heavy atom. The summed E-state index contributed by atoms with van der Waals surface area (Å²) in [6, 6.07) is 3.32. The molecule has 0 saturated carbocycles. The fraction of sp³-hybridized carbons (Fsp3) is 0.682. The quantitative estimate of drug-likeness (QED) is 0.313. The van der Waals surface area contributed by atoms with Crippen LogP contribution in [0.4, 0.5) is 0 Å². The Bertz CT molecular complexity index is 734. The fourth-order valence-electron chi connectivity index (χ4n) is 3.67. The van der Waals surface area contributed by atoms with Gasteiger partial charge in [-0.15, -0.1) is 0 Å². The summed E-state index contributed by atoms with van der Waals surface area (Å²) in [7, 11) is 3.04. The van der Waals surface area contributed by atoms with E-state index in [1.54, 1.807) is 11.1 Å². The van der Waals surface area contributed by atoms with Crippen LogP contribution in [-0.4, -0.2) is 72.1 Å². The van der Waals surface area contributed by atoms with Crippen molar-refractivity contribution in [2.75, 3.05) is 33.5 Å². The molecule has 1 fully saturated rings. The van der Waals surface area contributed by atoms with E-state index in [0.717, 1.165) is 31.0 Å². The molecule has 0 aromatic carbocycles. The van der Waals surface area contributed by atoms with Crippen LogP contribution in [0.2, 0.25) is 0 Å². The lowest BCUT2D eigenvalue weighted by molar-refractivity contribution is -0.229. The Hall–Kier alpha value is -1.68. The average molecular weight is 455 g/mol. The Labute approximate surface area is 189 Å². The van der Waals surface area contributed by atoms with Crippen LogP contribution in [0.15, 0.2) is 18.3 Å². The van der Waals surface area contributed by atoms with E-state index >= 15 is 0 Å². The van der Waals surface area contributed by atoms with Crippen molar-refractivity contribution in [3.8, 4) is 5.75 Å². The number of carbonyl (C=O) groups is 2. The van der Waals surface area contributed by atoms with E-state index in [0.29, 0.717) is 17.2 Å². The lowest BCUT2D eigenvalue weighted by Crippen LogP contribution is -2.77. The molecule has 9 heteroatoms. The van der Waals surface area contributed by atoms with Gasteiger partial charge in [-0.25, -0.2) is 0 Å². The van der Waals surface area contributed by atoms with Crippen molar-refractivity contribution >= 4 is 22.8 Å². The second-order valence-corrected chi connectivity index (χ2v) is 8.88. The molecule has 1 aliphatic rings. The Kier molecular flexibility index (Phi) is 10.2. The van der Waals surface area contributed by atoms with E-state index in [4.69, 9.17) is 18.9 Å². The van der Waals surface area contributed by atoms with Gasteiger partial charge in [-0.3, -0.25) is 14.6 Å². The molecule has 2 rings (SSSR count). The predicted octanol–water partition coefficient (Wildman–Crippen LogP) is 3.04. The number of carbonyl (C=O) groups excluding carboxylic acids is 2. The summed E-state index contributed by atoms with van der Waals surface area (Å²) in [5.41, 5.74) is -0.490. The van der Waals surface area contributed by atoms with Crippen molar-refractivity contribution in [2.45, 2.75) is 64.2 Å². The minimum atomic E-state index is -1.17. The van der Waals surface area contributed by atoms with Crippen molar-refractivity contribution in [3.63, 3.8) is 0 Å². The van der Waals surface area contributed by atoms with Crippen LogP contribution < -0.4 is 4.74 Å². The second kappa shape index (κ2) is 12.4. The van der Waals surface area contributed by atoms with Crippen molar-refractivity contribution < 1.29 is 28.5 Å². The zero-order chi connectivity index (χ0) is 22.9. The first-order valence-corrected chi connectivity index (χ1v) is 11.5. The van der Waals surface area contributed by atoms with Gasteiger partial charge in [0.2, 0.25) is 0 Å². The maximum atomic E-state index is 13.1. The van der Waals surface area contributed by atoms with E-state index in [9.17, 15) is 9.59 Å². The van der Waals surface area contributed by atoms with Gasteiger partial charge in [0.25, 0.3) is 5.91 Å². The minimum absolute atomic E-state index is 0.0213. The van der Waals surface area contributed by atoms with Crippen molar-refractivity contribution in [2.24, 2.45) is 0 Å². The van der Waals surface area contributed by atoms with Gasteiger partial charge < -0.3 is 23.8 Å². The lowest BCUT2D eigenvalue weighted by atomic mass is 9.79. The zero-order valence-corrected chi connectivity index (χ0v) is 19.9. The molecule has 0 N–H and O–H groups in total. The number of rotatable bonds is 14. The Morgan fingerprint density at radius 1 is 1.35 bits per heavy atom. The number of ether oxygens (including phenoxy) is 4. The molecular formula is C22H34N2O6S. The smallest absolute Gasteiger partial charge is 0.259 e. The van der Waals surface area contributed by atoms with Crippen LogP contribution in [-0.2, 0) is 30.2 Å². The molecule has 1 aliphatic heterocycles. The third-order valence-corrected chi connectivity index (χ3v) is 6.11. The first-order chi connectivity index (χ1) is 14.9. The highest BCUT2D eigenvalue weighted by molar-refractivity contribution is 8.13. The van der Waals surface area contributed by atoms with Crippen molar-refractivity contribution in [3.05, 3.63) is 24.0 Å². The summed E-state index contributed by atoms with van der Waals surface area (Å²) in [4.78, 5) is 30.7. The van der Waals surface area contributed by atoms with Crippen LogP contribution in [0, 0.1) is 0 Å². The molecule has 31 heavy (non-hydrogen) atoms. The zero-order valence-electron chi connectivity index (χ0n) is 19.1. The summed E-state index contributed by atoms with van der Waals surface area (Å²) in [6.07, 6.45) is 5.22. The molecule has 0 spiro atoms. The standard InChI is InChI=1S/C22H34N2O6S/c1-6-7-8-16(2)30-19-9-10-23-18(11-19)12-22(29-15-28-5)20(13-31-17(3)25)24(14-27-4)21(22)26/h9-11,16,20H,6-8,12-15H2,1-5H3/t16-,20+,22-/m1/s1. The molecular weight excluding hydrogens is 420 g/mol. The summed E-state index contributed by atoms with van der Waals surface area (Å²) in [5, 5.41) is -0.0213. The minimum Gasteiger partial charge on any atom is -0.491 e. The largest absolute Gasteiger partial charge is 0.491 e. The highest BCUT2D eigenvalue weighted by atomic mass is 32.2. The number of nitrogens with zero attached hydrogens (tertiary/aromatic N) is 2. The molecule has 8 nitrogen and oxygen atoms in total. The van der Waals surface area contributed by atoms with Gasteiger partial charge in [0.05, 0.1) is 12.1 Å². The second-order valence-electron chi connectivity index (χ2n) is 7.68. The molecule has 1 amide bonds. The first kappa shape index (κ1) is 25.6. The number of thioether (sulfide) groups is 1. The normalized spacial score (nSPS) is 21.6. The monoisotopic (exact) mass is 454 g/mol. The van der Waals surface area contributed by atoms with Crippen LogP contribution in [0.1, 0.15) is 45.7 Å². The molecule has 1 saturated heterocycles. The summed E-state index contributed by atoms with van der Waals surface area (Å²) in [6.45, 7) is 5.79. The molecule has 0 bridgehead atoms. The summed E-state index contributed by atoms with van der Waals surface area (Å²) >= 11 is 1.16. The topological polar surface area (TPSA) is 87.2 Å². The number of amides is 1. The number of unbranched alkanes of at least 4 members (excludes halogenated alkanes) is 1. The number of β-lactam (4-membered cyclic amide) rings is 1. The number of likely N-dealkylation sites (tertiary alicyclic amines) is 1. The van der Waals surface area contributed by atoms with Crippen LogP contribution in [0.5, 0.6) is 5.75 Å². The molecule has 3 atom stereocenters. The molecule has 0 unspecified atom stereocenters. The number of hydrogen-bond donors (Lipinski definition) is 0. The number of aromatic nitrogens is 1. The predicted molar refractivity (Wildman–Crippen MR) is 119 cm³/mol. The number of hydrogen-bond acceptors (Lipinski definition) is 8. The van der Waals surface area contributed by atoms with Gasteiger partial charge in [0.1, 0.15) is 19.3 Å². The molecule has 2 heterocycles. The first-order valence-electron chi connectivity index (χ1n) is 10.6. The Morgan fingerprint density at radius 3 is 2.77 bits per heavy atom. The lowest BCUT2D eigenvalue weighted by Gasteiger charge is -2.54. The van der Waals surface area contributed by atoms with Crippen LogP contribution in [0.3, 0.4) is 0 Å². The summed E-state index contributed by atoms with van der Waals surface area (Å²) in [5.74, 6) is 0.911. The van der Waals surface area contributed by atoms with E-state index in [1.165, 1.54) is 21.1 Å². The average Bonchev–Trinajstić information content (AvgIpc) is 2.74. The van der Waals surface area contributed by atoms with E-state index in [2.05, 4.69) is 11.9 Å². The third-order valence-electron chi connectivity index (χ3n) is 5.22. The molecule has 1 aromatic rings. The SMILES string of the molecule is CCCC[C@@H](C)Oc1ccnc(C[C@]2(OCOC)C(=O)N(COC)[C@H]2CSC(C)=O)c1.